The van der Waals surface area contributed by atoms with E-state index >= 15 is 0 Å². The molecule has 1 aliphatic rings. The molecule has 1 heterocycles. The fourth-order valence-corrected chi connectivity index (χ4v) is 5.90. The molecule has 0 fully saturated rings. The van der Waals surface area contributed by atoms with E-state index in [4.69, 9.17) is 19.6 Å². The van der Waals surface area contributed by atoms with Crippen LogP contribution in [-0.4, -0.2) is 72.6 Å². The summed E-state index contributed by atoms with van der Waals surface area (Å²) in [5, 5.41) is 8.54. The van der Waals surface area contributed by atoms with Gasteiger partial charge in [0.25, 0.3) is 16.0 Å². The van der Waals surface area contributed by atoms with Gasteiger partial charge < -0.3 is 9.47 Å². The first kappa shape index (κ1) is 30.1. The predicted octanol–water partition coefficient (Wildman–Crippen LogP) is 1.19. The number of hydrogen-bond donors (Lipinski definition) is 3. The maximum Gasteiger partial charge on any atom is 0.397 e. The van der Waals surface area contributed by atoms with Crippen molar-refractivity contribution in [2.45, 2.75) is 22.3 Å². The highest BCUT2D eigenvalue weighted by molar-refractivity contribution is 7.91. The largest absolute Gasteiger partial charge is 0.496 e. The molecule has 2 aromatic rings. The normalized spacial score (nSPS) is 18.1. The number of sulfone groups is 1. The smallest absolute Gasteiger partial charge is 0.397 e. The summed E-state index contributed by atoms with van der Waals surface area (Å²) in [5.74, 6) is -2.30. The Morgan fingerprint density at radius 3 is 2.08 bits per heavy atom. The van der Waals surface area contributed by atoms with Crippen molar-refractivity contribution in [1.82, 2.24) is 0 Å². The highest BCUT2D eigenvalue weighted by atomic mass is 32.3. The van der Waals surface area contributed by atoms with Crippen molar-refractivity contribution in [3.8, 4) is 11.5 Å². The number of nitrogens with one attached hydrogen (secondary N) is 1. The number of benzene rings is 2. The molecule has 16 nitrogen and oxygen atoms in total. The zero-order valence-corrected chi connectivity index (χ0v) is 22.9. The van der Waals surface area contributed by atoms with Gasteiger partial charge in [-0.15, -0.1) is 0 Å². The first-order valence-corrected chi connectivity index (χ1v) is 14.9. The molecule has 212 valence electrons. The molecule has 0 aromatic heterocycles. The molecule has 3 rings (SSSR count). The Morgan fingerprint density at radius 2 is 1.59 bits per heavy atom. The molecule has 2 aromatic carbocycles. The quantitative estimate of drug-likeness (QED) is 0.241. The van der Waals surface area contributed by atoms with Crippen LogP contribution in [0.25, 0.3) is 0 Å². The van der Waals surface area contributed by atoms with E-state index in [0.29, 0.717) is 0 Å². The van der Waals surface area contributed by atoms with Crippen LogP contribution in [0.5, 0.6) is 11.5 Å². The van der Waals surface area contributed by atoms with Crippen molar-refractivity contribution in [3.63, 3.8) is 0 Å². The van der Waals surface area contributed by atoms with Crippen LogP contribution >= 0.6 is 0 Å². The Morgan fingerprint density at radius 1 is 1.00 bits per heavy atom. The molecule has 0 radical (unpaired) electrons. The van der Waals surface area contributed by atoms with Crippen molar-refractivity contribution in [3.05, 3.63) is 42.0 Å². The molecule has 19 heteroatoms. The summed E-state index contributed by atoms with van der Waals surface area (Å²) in [6.45, 7) is 0.474. The van der Waals surface area contributed by atoms with Crippen LogP contribution < -0.4 is 14.5 Å². The summed E-state index contributed by atoms with van der Waals surface area (Å²) in [5.41, 5.74) is 5.69. The van der Waals surface area contributed by atoms with Gasteiger partial charge >= 0.3 is 10.4 Å². The molecular formula is C20H22N4O12S3. The average Bonchev–Trinajstić information content (AvgIpc) is 3.11. The molecule has 0 spiro atoms. The lowest BCUT2D eigenvalue weighted by atomic mass is 9.85. The minimum atomic E-state index is -4.89. The number of nitrogens with zero attached hydrogens (tertiary/aromatic N) is 3. The van der Waals surface area contributed by atoms with E-state index in [2.05, 4.69) is 14.4 Å². The number of ether oxygens (including phenoxy) is 2. The van der Waals surface area contributed by atoms with Gasteiger partial charge in [0.15, 0.2) is 9.84 Å². The van der Waals surface area contributed by atoms with E-state index in [9.17, 15) is 34.6 Å². The molecule has 0 saturated carbocycles. The fourth-order valence-electron chi connectivity index (χ4n) is 3.76. The van der Waals surface area contributed by atoms with Crippen LogP contribution in [0.15, 0.2) is 56.4 Å². The first-order chi connectivity index (χ1) is 18.0. The highest BCUT2D eigenvalue weighted by Crippen LogP contribution is 2.45. The van der Waals surface area contributed by atoms with Crippen LogP contribution in [-0.2, 0) is 44.9 Å². The van der Waals surface area contributed by atoms with Crippen molar-refractivity contribution >= 4 is 47.7 Å². The zero-order chi connectivity index (χ0) is 29.4. The number of hydrogen-bond acceptors (Lipinski definition) is 13. The van der Waals surface area contributed by atoms with Gasteiger partial charge in [-0.3, -0.25) is 13.9 Å². The van der Waals surface area contributed by atoms with E-state index in [1.807, 2.05) is 0 Å². The minimum Gasteiger partial charge on any atom is -0.496 e. The molecule has 1 aliphatic heterocycles. The van der Waals surface area contributed by atoms with Crippen molar-refractivity contribution < 1.29 is 52.8 Å². The van der Waals surface area contributed by atoms with Crippen LogP contribution in [0, 0.1) is 5.53 Å². The van der Waals surface area contributed by atoms with E-state index in [1.54, 1.807) is 0 Å². The van der Waals surface area contributed by atoms with Crippen molar-refractivity contribution in [2.24, 2.45) is 10.2 Å². The monoisotopic (exact) mass is 606 g/mol. The number of hydrazone groups is 1. The Hall–Kier alpha value is -3.49. The maximum absolute atomic E-state index is 13.7. The number of carbonyl (C=O) groups excluding carboxylic acids is 1. The Bertz CT molecular complexity index is 1670. The molecule has 0 bridgehead atoms. The molecule has 1 atom stereocenters. The standard InChI is InChI=1S/C20H22N4O12S3/c1-12-20(23-21,19(25)24(22-12)13-4-6-14(7-5-13)38(28,29)30)15-10-17(35-3)18(11-16(15)34-2)37(26,27)9-8-36-39(31,32)33/h4-7,10-11,21H,8-9H2,1-3H3,(H,28,29,30)(H,31,32,33). The summed E-state index contributed by atoms with van der Waals surface area (Å²) < 4.78 is 103. The Kier molecular flexibility index (Phi) is 8.16. The van der Waals surface area contributed by atoms with Gasteiger partial charge in [-0.2, -0.15) is 32.1 Å². The fraction of sp³-hybridized carbons (Fsp3) is 0.300. The Labute approximate surface area is 223 Å². The van der Waals surface area contributed by atoms with Gasteiger partial charge in [0, 0.05) is 11.6 Å². The minimum absolute atomic E-state index is 0.0288. The molecule has 0 aliphatic carbocycles. The number of rotatable bonds is 11. The van der Waals surface area contributed by atoms with E-state index in [-0.39, 0.29) is 28.5 Å². The van der Waals surface area contributed by atoms with Gasteiger partial charge in [0.05, 0.1) is 42.9 Å². The Balaban J connectivity index is 2.11. The first-order valence-electron chi connectivity index (χ1n) is 10.5. The SMILES string of the molecule is COc1cc(S(=O)(=O)CCOS(=O)(=O)O)c(OC)cc1C1(N=N)C(=O)N(c2ccc(S(=O)(=O)O)cc2)N=C1C. The van der Waals surface area contributed by atoms with Gasteiger partial charge in [0.2, 0.25) is 5.54 Å². The van der Waals surface area contributed by atoms with Gasteiger partial charge in [-0.1, -0.05) is 0 Å². The molecule has 39 heavy (non-hydrogen) atoms. The molecule has 1 amide bonds. The van der Waals surface area contributed by atoms with E-state index in [0.717, 1.165) is 36.4 Å². The predicted molar refractivity (Wildman–Crippen MR) is 133 cm³/mol. The van der Waals surface area contributed by atoms with Crippen molar-refractivity contribution in [2.75, 3.05) is 31.6 Å². The van der Waals surface area contributed by atoms with Gasteiger partial charge in [-0.05, 0) is 37.3 Å². The lowest BCUT2D eigenvalue weighted by Gasteiger charge is -2.26. The summed E-state index contributed by atoms with van der Waals surface area (Å²) >= 11 is 0. The van der Waals surface area contributed by atoms with Gasteiger partial charge in [0.1, 0.15) is 16.4 Å². The number of methoxy groups -OCH3 is 2. The van der Waals surface area contributed by atoms with Crippen LogP contribution in [0.3, 0.4) is 0 Å². The summed E-state index contributed by atoms with van der Waals surface area (Å²) in [4.78, 5) is 12.8. The number of anilines is 1. The van der Waals surface area contributed by atoms with Crippen LogP contribution in [0.4, 0.5) is 5.69 Å². The van der Waals surface area contributed by atoms with Gasteiger partial charge in [-0.25, -0.2) is 18.1 Å². The molecule has 1 unspecified atom stereocenters. The lowest BCUT2D eigenvalue weighted by molar-refractivity contribution is -0.121. The topological polar surface area (TPSA) is 239 Å². The third-order valence-corrected chi connectivity index (χ3v) is 8.64. The van der Waals surface area contributed by atoms with E-state index in [1.165, 1.54) is 26.2 Å². The molecule has 3 N–H and O–H groups in total. The maximum atomic E-state index is 13.7. The number of carbonyl (C=O) groups is 1. The summed E-state index contributed by atoms with van der Waals surface area (Å²) in [6, 6.07) is 6.56. The molecule has 0 saturated heterocycles. The van der Waals surface area contributed by atoms with Crippen LogP contribution in [0.1, 0.15) is 12.5 Å². The van der Waals surface area contributed by atoms with Crippen molar-refractivity contribution in [1.29, 1.82) is 5.53 Å². The molecular weight excluding hydrogens is 584 g/mol. The summed E-state index contributed by atoms with van der Waals surface area (Å²) in [7, 11) is -11.4. The lowest BCUT2D eigenvalue weighted by Crippen LogP contribution is -2.41. The zero-order valence-electron chi connectivity index (χ0n) is 20.4. The second-order valence-electron chi connectivity index (χ2n) is 7.87. The second-order valence-corrected chi connectivity index (χ2v) is 12.5. The third kappa shape index (κ3) is 5.77. The van der Waals surface area contributed by atoms with Crippen LogP contribution in [0.2, 0.25) is 0 Å². The highest BCUT2D eigenvalue weighted by Gasteiger charge is 2.54. The number of amides is 1. The van der Waals surface area contributed by atoms with E-state index < -0.39 is 64.0 Å². The summed E-state index contributed by atoms with van der Waals surface area (Å²) in [6.07, 6.45) is 0. The third-order valence-electron chi connectivity index (χ3n) is 5.62. The second kappa shape index (κ2) is 10.6. The average molecular weight is 607 g/mol.